The maximum absolute atomic E-state index is 12.1. The maximum atomic E-state index is 12.1. The van der Waals surface area contributed by atoms with Gasteiger partial charge in [0, 0.05) is 45.0 Å². The van der Waals surface area contributed by atoms with Crippen LogP contribution in [-0.4, -0.2) is 62.1 Å². The van der Waals surface area contributed by atoms with Gasteiger partial charge in [0.1, 0.15) is 5.75 Å². The van der Waals surface area contributed by atoms with Gasteiger partial charge in [0.05, 0.1) is 0 Å². The largest absolute Gasteiger partial charge is 0.484 e. The van der Waals surface area contributed by atoms with Crippen LogP contribution in [0.1, 0.15) is 6.92 Å². The van der Waals surface area contributed by atoms with Crippen molar-refractivity contribution in [2.24, 2.45) is 0 Å². The zero-order valence-corrected chi connectivity index (χ0v) is 12.3. The average Bonchev–Trinajstić information content (AvgIpc) is 2.53. The smallest absolute Gasteiger partial charge is 0.260 e. The summed E-state index contributed by atoms with van der Waals surface area (Å²) in [6, 6.07) is 7.62. The molecule has 20 heavy (non-hydrogen) atoms. The Kier molecular flexibility index (Phi) is 5.24. The highest BCUT2D eigenvalue weighted by Gasteiger charge is 2.20. The molecule has 0 aromatic heterocycles. The number of nitrogens with one attached hydrogen (secondary N) is 1. The molecule has 0 radical (unpaired) electrons. The summed E-state index contributed by atoms with van der Waals surface area (Å²) < 4.78 is 5.57. The number of nitrogens with zero attached hydrogens (tertiary/aromatic N) is 2. The van der Waals surface area contributed by atoms with Crippen LogP contribution < -0.4 is 10.1 Å². The van der Waals surface area contributed by atoms with Gasteiger partial charge in [-0.25, -0.2) is 0 Å². The second kappa shape index (κ2) is 7.14. The van der Waals surface area contributed by atoms with Crippen LogP contribution in [0.25, 0.3) is 0 Å². The summed E-state index contributed by atoms with van der Waals surface area (Å²) in [5.41, 5.74) is 0.978. The van der Waals surface area contributed by atoms with E-state index in [1.165, 1.54) is 0 Å². The van der Waals surface area contributed by atoms with Gasteiger partial charge in [-0.2, -0.15) is 0 Å². The highest BCUT2D eigenvalue weighted by molar-refractivity contribution is 5.78. The number of likely N-dealkylation sites (N-methyl/N-ethyl adjacent to an activating group) is 1. The van der Waals surface area contributed by atoms with Crippen molar-refractivity contribution in [2.45, 2.75) is 6.92 Å². The number of rotatable bonds is 5. The van der Waals surface area contributed by atoms with E-state index in [0.29, 0.717) is 0 Å². The number of anilines is 1. The van der Waals surface area contributed by atoms with Gasteiger partial charge in [-0.1, -0.05) is 13.0 Å². The van der Waals surface area contributed by atoms with Gasteiger partial charge in [0.25, 0.3) is 5.91 Å². The highest BCUT2D eigenvalue weighted by Crippen LogP contribution is 2.16. The fourth-order valence-electron chi connectivity index (χ4n) is 2.29. The third-order valence-electron chi connectivity index (χ3n) is 3.66. The normalized spacial score (nSPS) is 16.0. The number of carbonyl (C=O) groups excluding carboxylic acids is 1. The second-order valence-corrected chi connectivity index (χ2v) is 4.88. The molecule has 1 aromatic rings. The number of piperazine rings is 1. The summed E-state index contributed by atoms with van der Waals surface area (Å²) in [4.78, 5) is 16.3. The molecular weight excluding hydrogens is 254 g/mol. The molecule has 1 aliphatic heterocycles. The van der Waals surface area contributed by atoms with Crippen LogP contribution in [-0.2, 0) is 4.79 Å². The number of hydrogen-bond acceptors (Lipinski definition) is 4. The Morgan fingerprint density at radius 3 is 2.70 bits per heavy atom. The van der Waals surface area contributed by atoms with Gasteiger partial charge >= 0.3 is 0 Å². The molecule has 1 N–H and O–H groups in total. The van der Waals surface area contributed by atoms with E-state index in [0.717, 1.165) is 44.2 Å². The van der Waals surface area contributed by atoms with Gasteiger partial charge in [-0.05, 0) is 18.7 Å². The van der Waals surface area contributed by atoms with E-state index in [2.05, 4.69) is 17.1 Å². The Morgan fingerprint density at radius 1 is 1.30 bits per heavy atom. The van der Waals surface area contributed by atoms with Crippen molar-refractivity contribution in [1.29, 1.82) is 0 Å². The van der Waals surface area contributed by atoms with E-state index in [1.54, 1.807) is 0 Å². The Labute approximate surface area is 120 Å². The van der Waals surface area contributed by atoms with Crippen molar-refractivity contribution in [3.8, 4) is 5.75 Å². The van der Waals surface area contributed by atoms with Gasteiger partial charge in [-0.3, -0.25) is 4.79 Å². The molecule has 1 fully saturated rings. The molecule has 5 nitrogen and oxygen atoms in total. The van der Waals surface area contributed by atoms with Crippen molar-refractivity contribution >= 4 is 11.6 Å². The number of amides is 1. The van der Waals surface area contributed by atoms with Crippen LogP contribution in [0.15, 0.2) is 24.3 Å². The zero-order valence-electron chi connectivity index (χ0n) is 12.3. The van der Waals surface area contributed by atoms with Gasteiger partial charge in [0.2, 0.25) is 0 Å². The summed E-state index contributed by atoms with van der Waals surface area (Å²) in [7, 11) is 1.86. The highest BCUT2D eigenvalue weighted by atomic mass is 16.5. The summed E-state index contributed by atoms with van der Waals surface area (Å²) in [6.07, 6.45) is 0. The molecule has 1 saturated heterocycles. The van der Waals surface area contributed by atoms with Crippen LogP contribution in [0.2, 0.25) is 0 Å². The molecule has 1 amide bonds. The monoisotopic (exact) mass is 277 g/mol. The molecule has 0 spiro atoms. The fourth-order valence-corrected chi connectivity index (χ4v) is 2.29. The van der Waals surface area contributed by atoms with Crippen LogP contribution >= 0.6 is 0 Å². The lowest BCUT2D eigenvalue weighted by atomic mass is 10.3. The standard InChI is InChI=1S/C15H23N3O2/c1-3-17-7-9-18(10-8-17)15(19)12-20-14-6-4-5-13(11-14)16-2/h4-6,11,16H,3,7-10,12H2,1-2H3. The summed E-state index contributed by atoms with van der Waals surface area (Å²) in [5, 5.41) is 3.05. The Hall–Kier alpha value is -1.75. The average molecular weight is 277 g/mol. The fraction of sp³-hybridized carbons (Fsp3) is 0.533. The Balaban J connectivity index is 1.80. The minimum Gasteiger partial charge on any atom is -0.484 e. The second-order valence-electron chi connectivity index (χ2n) is 4.88. The number of benzene rings is 1. The predicted molar refractivity (Wildman–Crippen MR) is 80.2 cm³/mol. The first-order valence-electron chi connectivity index (χ1n) is 7.13. The first-order chi connectivity index (χ1) is 9.72. The lowest BCUT2D eigenvalue weighted by Gasteiger charge is -2.33. The van der Waals surface area contributed by atoms with Crippen LogP contribution in [0, 0.1) is 0 Å². The van der Waals surface area contributed by atoms with E-state index in [9.17, 15) is 4.79 Å². The third kappa shape index (κ3) is 3.87. The molecule has 0 atom stereocenters. The van der Waals surface area contributed by atoms with Gasteiger partial charge in [-0.15, -0.1) is 0 Å². The van der Waals surface area contributed by atoms with E-state index >= 15 is 0 Å². The molecule has 1 heterocycles. The third-order valence-corrected chi connectivity index (χ3v) is 3.66. The Morgan fingerprint density at radius 2 is 2.05 bits per heavy atom. The number of ether oxygens (including phenoxy) is 1. The van der Waals surface area contributed by atoms with Crippen molar-refractivity contribution < 1.29 is 9.53 Å². The Bertz CT molecular complexity index is 442. The minimum absolute atomic E-state index is 0.0654. The van der Waals surface area contributed by atoms with E-state index in [1.807, 2.05) is 36.2 Å². The van der Waals surface area contributed by atoms with Gasteiger partial charge < -0.3 is 19.9 Å². The molecule has 2 rings (SSSR count). The topological polar surface area (TPSA) is 44.8 Å². The molecule has 1 aliphatic rings. The zero-order chi connectivity index (χ0) is 14.4. The SMILES string of the molecule is CCN1CCN(C(=O)COc2cccc(NC)c2)CC1. The van der Waals surface area contributed by atoms with Crippen molar-refractivity contribution in [2.75, 3.05) is 51.7 Å². The molecule has 5 heteroatoms. The molecule has 0 aliphatic carbocycles. The van der Waals surface area contributed by atoms with Crippen LogP contribution in [0.3, 0.4) is 0 Å². The van der Waals surface area contributed by atoms with E-state index < -0.39 is 0 Å². The lowest BCUT2D eigenvalue weighted by molar-refractivity contribution is -0.135. The van der Waals surface area contributed by atoms with Crippen molar-refractivity contribution in [3.63, 3.8) is 0 Å². The predicted octanol–water partition coefficient (Wildman–Crippen LogP) is 1.27. The van der Waals surface area contributed by atoms with Crippen molar-refractivity contribution in [3.05, 3.63) is 24.3 Å². The lowest BCUT2D eigenvalue weighted by Crippen LogP contribution is -2.49. The number of carbonyl (C=O) groups is 1. The molecule has 0 unspecified atom stereocenters. The molecule has 110 valence electrons. The summed E-state index contributed by atoms with van der Waals surface area (Å²) >= 11 is 0. The molecule has 1 aromatic carbocycles. The first-order valence-corrected chi connectivity index (χ1v) is 7.13. The quantitative estimate of drug-likeness (QED) is 0.880. The van der Waals surface area contributed by atoms with E-state index in [4.69, 9.17) is 4.74 Å². The van der Waals surface area contributed by atoms with E-state index in [-0.39, 0.29) is 12.5 Å². The first kappa shape index (κ1) is 14.7. The van der Waals surface area contributed by atoms with Crippen LogP contribution in [0.5, 0.6) is 5.75 Å². The van der Waals surface area contributed by atoms with Crippen LogP contribution in [0.4, 0.5) is 5.69 Å². The maximum Gasteiger partial charge on any atom is 0.260 e. The molecular formula is C15H23N3O2. The summed E-state index contributed by atoms with van der Waals surface area (Å²) in [5.74, 6) is 0.785. The molecule has 0 bridgehead atoms. The van der Waals surface area contributed by atoms with Crippen molar-refractivity contribution in [1.82, 2.24) is 9.80 Å². The van der Waals surface area contributed by atoms with Gasteiger partial charge in [0.15, 0.2) is 6.61 Å². The summed E-state index contributed by atoms with van der Waals surface area (Å²) in [6.45, 7) is 6.82. The minimum atomic E-state index is 0.0654. The number of hydrogen-bond donors (Lipinski definition) is 1. The molecule has 0 saturated carbocycles.